The van der Waals surface area contributed by atoms with E-state index in [1.165, 1.54) is 0 Å². The van der Waals surface area contributed by atoms with E-state index in [1.54, 1.807) is 12.3 Å². The Kier molecular flexibility index (Phi) is 2.28. The summed E-state index contributed by atoms with van der Waals surface area (Å²) in [6.45, 7) is 0. The van der Waals surface area contributed by atoms with E-state index in [0.29, 0.717) is 0 Å². The van der Waals surface area contributed by atoms with Gasteiger partial charge in [-0.2, -0.15) is 4.99 Å². The van der Waals surface area contributed by atoms with Crippen LogP contribution in [0.15, 0.2) is 40.2 Å². The van der Waals surface area contributed by atoms with Crippen LogP contribution in [0.1, 0.15) is 18.4 Å². The summed E-state index contributed by atoms with van der Waals surface area (Å²) >= 11 is 0. The smallest absolute Gasteiger partial charge is 0.312 e. The lowest BCUT2D eigenvalue weighted by Gasteiger charge is -2.09. The minimum atomic E-state index is -0.381. The first kappa shape index (κ1) is 10.7. The van der Waals surface area contributed by atoms with Crippen LogP contribution in [0.3, 0.4) is 0 Å². The molecular formula is C13H11N3O2. The quantitative estimate of drug-likeness (QED) is 0.633. The number of imidazole rings is 1. The Labute approximate surface area is 103 Å². The third-order valence-corrected chi connectivity index (χ3v) is 3.29. The van der Waals surface area contributed by atoms with E-state index in [0.717, 1.165) is 29.7 Å². The van der Waals surface area contributed by atoms with Crippen LogP contribution >= 0.6 is 0 Å². The molecule has 3 rings (SSSR count). The predicted molar refractivity (Wildman–Crippen MR) is 65.9 cm³/mol. The normalized spacial score (nSPS) is 16.0. The molecule has 0 unspecified atom stereocenters. The third-order valence-electron chi connectivity index (χ3n) is 3.29. The maximum Gasteiger partial charge on any atom is 0.323 e. The van der Waals surface area contributed by atoms with E-state index in [4.69, 9.17) is 0 Å². The van der Waals surface area contributed by atoms with E-state index in [1.807, 2.05) is 24.3 Å². The van der Waals surface area contributed by atoms with Gasteiger partial charge in [-0.15, -0.1) is 0 Å². The highest BCUT2D eigenvalue weighted by atomic mass is 16.1. The van der Waals surface area contributed by atoms with Gasteiger partial charge in [-0.3, -0.25) is 0 Å². The van der Waals surface area contributed by atoms with E-state index in [9.17, 15) is 9.59 Å². The van der Waals surface area contributed by atoms with Gasteiger partial charge in [0.05, 0.1) is 11.2 Å². The number of rotatable bonds is 3. The molecule has 2 N–H and O–H groups in total. The second-order valence-electron chi connectivity index (χ2n) is 4.47. The van der Waals surface area contributed by atoms with Gasteiger partial charge in [0.2, 0.25) is 6.08 Å². The molecule has 0 atom stereocenters. The summed E-state index contributed by atoms with van der Waals surface area (Å²) in [4.78, 5) is 30.7. The number of nitrogens with zero attached hydrogens (tertiary/aromatic N) is 1. The Morgan fingerprint density at radius 3 is 2.78 bits per heavy atom. The van der Waals surface area contributed by atoms with E-state index in [-0.39, 0.29) is 11.2 Å². The van der Waals surface area contributed by atoms with Crippen LogP contribution in [0, 0.1) is 0 Å². The summed E-state index contributed by atoms with van der Waals surface area (Å²) in [5.74, 6) is 0. The van der Waals surface area contributed by atoms with Crippen molar-refractivity contribution in [2.45, 2.75) is 18.4 Å². The van der Waals surface area contributed by atoms with Crippen LogP contribution in [0.2, 0.25) is 0 Å². The van der Waals surface area contributed by atoms with Gasteiger partial charge >= 0.3 is 5.69 Å². The first-order valence-corrected chi connectivity index (χ1v) is 5.71. The number of hydrogen-bond donors (Lipinski definition) is 2. The maximum absolute atomic E-state index is 11.1. The molecule has 0 radical (unpaired) electrons. The number of nitrogens with one attached hydrogen (secondary N) is 2. The van der Waals surface area contributed by atoms with Crippen molar-refractivity contribution in [1.29, 1.82) is 0 Å². The molecule has 5 nitrogen and oxygen atoms in total. The number of isocyanates is 1. The molecule has 2 aromatic rings. The third kappa shape index (κ3) is 1.71. The Bertz CT molecular complexity index is 688. The molecule has 0 bridgehead atoms. The molecule has 1 aliphatic carbocycles. The van der Waals surface area contributed by atoms with Crippen LogP contribution in [-0.4, -0.2) is 16.0 Å². The SMILES string of the molecule is O=C=NC1(c2cccc(-c3c[nH]c(=O)[nH]3)c2)CC1. The Morgan fingerprint density at radius 1 is 1.33 bits per heavy atom. The van der Waals surface area contributed by atoms with Crippen LogP contribution in [0.5, 0.6) is 0 Å². The molecular weight excluding hydrogens is 230 g/mol. The van der Waals surface area contributed by atoms with Crippen molar-refractivity contribution in [3.8, 4) is 11.3 Å². The molecule has 1 saturated carbocycles. The summed E-state index contributed by atoms with van der Waals surface area (Å²) in [7, 11) is 0. The second kappa shape index (κ2) is 3.82. The van der Waals surface area contributed by atoms with E-state index in [2.05, 4.69) is 15.0 Å². The number of aromatic amines is 2. The van der Waals surface area contributed by atoms with Gasteiger partial charge < -0.3 is 9.97 Å². The Morgan fingerprint density at radius 2 is 2.17 bits per heavy atom. The predicted octanol–water partition coefficient (Wildman–Crippen LogP) is 1.69. The average Bonchev–Trinajstić information content (AvgIpc) is 3.04. The molecule has 90 valence electrons. The topological polar surface area (TPSA) is 78.1 Å². The Hall–Kier alpha value is -2.39. The molecule has 5 heteroatoms. The Balaban J connectivity index is 2.05. The molecule has 0 amide bonds. The number of aliphatic imine (C=N–C) groups is 1. The van der Waals surface area contributed by atoms with E-state index < -0.39 is 0 Å². The fraction of sp³-hybridized carbons (Fsp3) is 0.231. The molecule has 1 aromatic carbocycles. The fourth-order valence-corrected chi connectivity index (χ4v) is 2.13. The summed E-state index contributed by atoms with van der Waals surface area (Å²) in [6, 6.07) is 7.70. The van der Waals surface area contributed by atoms with Crippen LogP contribution in [0.25, 0.3) is 11.3 Å². The van der Waals surface area contributed by atoms with Gasteiger partial charge in [0, 0.05) is 6.20 Å². The van der Waals surface area contributed by atoms with Crippen LogP contribution in [-0.2, 0) is 10.3 Å². The zero-order chi connectivity index (χ0) is 12.6. The van der Waals surface area contributed by atoms with Gasteiger partial charge in [0.1, 0.15) is 0 Å². The lowest BCUT2D eigenvalue weighted by Crippen LogP contribution is -2.02. The van der Waals surface area contributed by atoms with Crippen molar-refractivity contribution in [2.24, 2.45) is 4.99 Å². The van der Waals surface area contributed by atoms with Crippen molar-refractivity contribution < 1.29 is 4.79 Å². The minimum Gasteiger partial charge on any atom is -0.312 e. The number of benzene rings is 1. The maximum atomic E-state index is 11.1. The van der Waals surface area contributed by atoms with Crippen molar-refractivity contribution in [3.63, 3.8) is 0 Å². The lowest BCUT2D eigenvalue weighted by molar-refractivity contribution is 0.556. The van der Waals surface area contributed by atoms with Gasteiger partial charge in [-0.1, -0.05) is 18.2 Å². The molecule has 0 aliphatic heterocycles. The monoisotopic (exact) mass is 241 g/mol. The summed E-state index contributed by atoms with van der Waals surface area (Å²) < 4.78 is 0. The first-order chi connectivity index (χ1) is 8.73. The number of carbonyl (C=O) groups excluding carboxylic acids is 1. The molecule has 1 aliphatic rings. The summed E-state index contributed by atoms with van der Waals surface area (Å²) in [6.07, 6.45) is 5.01. The van der Waals surface area contributed by atoms with Crippen molar-refractivity contribution in [1.82, 2.24) is 9.97 Å². The number of aromatic nitrogens is 2. The molecule has 1 heterocycles. The number of hydrogen-bond acceptors (Lipinski definition) is 3. The zero-order valence-corrected chi connectivity index (χ0v) is 9.56. The molecule has 0 saturated heterocycles. The highest BCUT2D eigenvalue weighted by Crippen LogP contribution is 2.49. The summed E-state index contributed by atoms with van der Waals surface area (Å²) in [5, 5.41) is 0. The van der Waals surface area contributed by atoms with Crippen molar-refractivity contribution in [3.05, 3.63) is 46.5 Å². The van der Waals surface area contributed by atoms with Gasteiger partial charge in [-0.05, 0) is 30.0 Å². The zero-order valence-electron chi connectivity index (χ0n) is 9.56. The number of H-pyrrole nitrogens is 2. The van der Waals surface area contributed by atoms with E-state index >= 15 is 0 Å². The van der Waals surface area contributed by atoms with Crippen molar-refractivity contribution >= 4 is 6.08 Å². The fourth-order valence-electron chi connectivity index (χ4n) is 2.13. The van der Waals surface area contributed by atoms with Crippen LogP contribution < -0.4 is 5.69 Å². The second-order valence-corrected chi connectivity index (χ2v) is 4.47. The average molecular weight is 241 g/mol. The lowest BCUT2D eigenvalue weighted by atomic mass is 10.0. The molecule has 1 fully saturated rings. The van der Waals surface area contributed by atoms with Crippen molar-refractivity contribution in [2.75, 3.05) is 0 Å². The highest BCUT2D eigenvalue weighted by molar-refractivity contribution is 5.60. The molecule has 18 heavy (non-hydrogen) atoms. The summed E-state index contributed by atoms with van der Waals surface area (Å²) in [5.41, 5.74) is 2.01. The van der Waals surface area contributed by atoms with Gasteiger partial charge in [0.15, 0.2) is 0 Å². The highest BCUT2D eigenvalue weighted by Gasteiger charge is 2.44. The standard InChI is InChI=1S/C13H11N3O2/c17-8-15-13(4-5-13)10-3-1-2-9(6-10)11-7-14-12(18)16-11/h1-3,6-7H,4-5H2,(H2,14,16,18). The van der Waals surface area contributed by atoms with Gasteiger partial charge in [0.25, 0.3) is 0 Å². The molecule has 1 aromatic heterocycles. The minimum absolute atomic E-state index is 0.234. The van der Waals surface area contributed by atoms with Crippen LogP contribution in [0.4, 0.5) is 0 Å². The first-order valence-electron chi connectivity index (χ1n) is 5.71. The largest absolute Gasteiger partial charge is 0.323 e. The molecule has 0 spiro atoms. The van der Waals surface area contributed by atoms with Gasteiger partial charge in [-0.25, -0.2) is 9.59 Å².